The first kappa shape index (κ1) is 49.9. The summed E-state index contributed by atoms with van der Waals surface area (Å²) < 4.78 is 56.8. The summed E-state index contributed by atoms with van der Waals surface area (Å²) in [4.78, 5) is 75.7. The van der Waals surface area contributed by atoms with Crippen LogP contribution in [0.5, 0.6) is 5.75 Å². The van der Waals surface area contributed by atoms with Crippen molar-refractivity contribution in [1.82, 2.24) is 35.1 Å². The normalized spacial score (nSPS) is 21.6. The minimum Gasteiger partial charge on any atom is -0.508 e. The molecule has 3 N–H and O–H groups in total. The fraction of sp³-hybridized carbons (Fsp3) is 0.520. The van der Waals surface area contributed by atoms with Gasteiger partial charge in [0.1, 0.15) is 23.9 Å². The van der Waals surface area contributed by atoms with Crippen molar-refractivity contribution >= 4 is 40.5 Å². The number of alkyl halides is 3. The van der Waals surface area contributed by atoms with Crippen molar-refractivity contribution in [3.05, 3.63) is 71.5 Å². The molecule has 2 saturated heterocycles. The molecule has 68 heavy (non-hydrogen) atoms. The highest BCUT2D eigenvalue weighted by Crippen LogP contribution is 2.42. The lowest BCUT2D eigenvalue weighted by atomic mass is 9.84. The summed E-state index contributed by atoms with van der Waals surface area (Å²) in [5, 5.41) is 16.3. The van der Waals surface area contributed by atoms with Gasteiger partial charge in [-0.3, -0.25) is 34.0 Å². The molecule has 2 aromatic heterocycles. The number of methoxy groups -OCH3 is 1. The number of halogens is 3. The smallest absolute Gasteiger partial charge is 0.394 e. The standard InChI is InChI=1S/C50H62F3N7O8/c1-9-59-42-13-12-31-21-35(42)36(44(59)37-23-54-15-14-32(37)26-67-8)22-49(5,6)27-68-48(66)40-11-10-16-60(56-40)47(65)41(19-30-17-33(31)20-34(62)18-30)55-45(63)43(28(2)3)57(7)46(64)38-24-58(29(4)61)25-39(38)50(51,52)53/h12-15,17-18,20-21,23,28,38-41,43,56,62H,9-11,16,19,22,24-27H2,1-8H3,(H,55,63)/t38-,39+,40+,41+,43+/m1/s1. The number of likely N-dealkylation sites (tertiary alicyclic amines) is 1. The lowest BCUT2D eigenvalue weighted by Crippen LogP contribution is -2.62. The van der Waals surface area contributed by atoms with E-state index in [4.69, 9.17) is 9.47 Å². The largest absolute Gasteiger partial charge is 0.508 e. The average Bonchev–Trinajstić information content (AvgIpc) is 3.88. The lowest BCUT2D eigenvalue weighted by molar-refractivity contribution is -0.186. The minimum absolute atomic E-state index is 0.0443. The van der Waals surface area contributed by atoms with E-state index in [0.717, 1.165) is 55.6 Å². The van der Waals surface area contributed by atoms with Crippen LogP contribution in [0.1, 0.15) is 71.1 Å². The molecule has 15 nitrogen and oxygen atoms in total. The Labute approximate surface area is 394 Å². The van der Waals surface area contributed by atoms with Gasteiger partial charge < -0.3 is 34.3 Å². The molecule has 4 amide bonds. The summed E-state index contributed by atoms with van der Waals surface area (Å²) in [5.41, 5.74) is 9.06. The fourth-order valence-corrected chi connectivity index (χ4v) is 10.2. The van der Waals surface area contributed by atoms with Crippen LogP contribution >= 0.6 is 0 Å². The maximum atomic E-state index is 14.7. The predicted molar refractivity (Wildman–Crippen MR) is 247 cm³/mol. The fourth-order valence-electron chi connectivity index (χ4n) is 10.2. The number of carbonyl (C=O) groups excluding carboxylic acids is 5. The van der Waals surface area contributed by atoms with Gasteiger partial charge in [0.05, 0.1) is 30.7 Å². The van der Waals surface area contributed by atoms with Crippen molar-refractivity contribution in [2.45, 2.75) is 105 Å². The van der Waals surface area contributed by atoms with Gasteiger partial charge in [-0.2, -0.15) is 13.2 Å². The number of fused-ring (bicyclic) bond motifs is 6. The Morgan fingerprint density at radius 3 is 2.51 bits per heavy atom. The number of benzene rings is 2. The molecule has 0 unspecified atom stereocenters. The van der Waals surface area contributed by atoms with Gasteiger partial charge in [0.25, 0.3) is 5.91 Å². The SMILES string of the molecule is CCn1c(-c2cnccc2COC)c2c3cc(ccc31)-c1cc(O)cc(c1)C[C@H](NC(=O)[C@H](C(C)C)N(C)C(=O)[C@@H]1CN(C(C)=O)C[C@@H]1C(F)(F)F)C(=O)N1CCC[C@H](N1)C(=O)OCC(C)(C)C2. The van der Waals surface area contributed by atoms with Crippen molar-refractivity contribution in [3.8, 4) is 28.1 Å². The number of rotatable bonds is 9. The number of aryl methyl sites for hydroxylation is 1. The van der Waals surface area contributed by atoms with Crippen LogP contribution in [0, 0.1) is 23.2 Å². The molecular weight excluding hydrogens is 884 g/mol. The zero-order valence-electron chi connectivity index (χ0n) is 39.9. The number of hydrazine groups is 1. The second-order valence-corrected chi connectivity index (χ2v) is 19.5. The van der Waals surface area contributed by atoms with E-state index >= 15 is 0 Å². The molecule has 2 aromatic carbocycles. The molecule has 0 spiro atoms. The van der Waals surface area contributed by atoms with E-state index < -0.39 is 90.2 Å². The number of amides is 4. The number of nitrogens with one attached hydrogen (secondary N) is 2. The van der Waals surface area contributed by atoms with E-state index in [1.54, 1.807) is 33.2 Å². The number of hydrogen-bond donors (Lipinski definition) is 3. The first-order valence-electron chi connectivity index (χ1n) is 23.2. The number of ether oxygens (including phenoxy) is 2. The van der Waals surface area contributed by atoms with Crippen molar-refractivity contribution in [3.63, 3.8) is 0 Å². The van der Waals surface area contributed by atoms with Crippen LogP contribution in [-0.4, -0.2) is 124 Å². The maximum Gasteiger partial charge on any atom is 0.394 e. The van der Waals surface area contributed by atoms with Crippen LogP contribution in [0.3, 0.4) is 0 Å². The molecular formula is C50H62F3N7O8. The number of aromatic hydroxyl groups is 1. The third-order valence-corrected chi connectivity index (χ3v) is 13.5. The van der Waals surface area contributed by atoms with Crippen molar-refractivity contribution < 1.29 is 51.7 Å². The van der Waals surface area contributed by atoms with Crippen LogP contribution in [0.15, 0.2) is 54.9 Å². The molecule has 6 bridgehead atoms. The Morgan fingerprint density at radius 1 is 1.09 bits per heavy atom. The minimum atomic E-state index is -4.79. The van der Waals surface area contributed by atoms with Crippen LogP contribution < -0.4 is 10.7 Å². The zero-order chi connectivity index (χ0) is 49.4. The highest BCUT2D eigenvalue weighted by atomic mass is 19.4. The van der Waals surface area contributed by atoms with Gasteiger partial charge in [0, 0.05) is 88.0 Å². The average molecular weight is 946 g/mol. The van der Waals surface area contributed by atoms with Crippen LogP contribution in [-0.2, 0) is 59.4 Å². The summed E-state index contributed by atoms with van der Waals surface area (Å²) in [7, 11) is 2.90. The second-order valence-electron chi connectivity index (χ2n) is 19.5. The Hall–Kier alpha value is -6.01. The van der Waals surface area contributed by atoms with Crippen molar-refractivity contribution in [2.75, 3.05) is 40.4 Å². The molecule has 18 heteroatoms. The Morgan fingerprint density at radius 2 is 1.84 bits per heavy atom. The quantitative estimate of drug-likeness (QED) is 0.168. The summed E-state index contributed by atoms with van der Waals surface area (Å²) in [5.74, 6) is -8.05. The monoisotopic (exact) mass is 945 g/mol. The number of cyclic esters (lactones) is 1. The number of phenolic OH excluding ortho intramolecular Hbond substituents is 1. The molecule has 0 radical (unpaired) electrons. The number of nitrogens with zero attached hydrogens (tertiary/aromatic N) is 5. The lowest BCUT2D eigenvalue weighted by Gasteiger charge is -2.37. The van der Waals surface area contributed by atoms with E-state index in [-0.39, 0.29) is 25.3 Å². The Balaban J connectivity index is 1.31. The van der Waals surface area contributed by atoms with Gasteiger partial charge >= 0.3 is 12.1 Å². The topological polar surface area (TPSA) is 176 Å². The molecule has 3 aliphatic heterocycles. The summed E-state index contributed by atoms with van der Waals surface area (Å²) >= 11 is 0. The summed E-state index contributed by atoms with van der Waals surface area (Å²) in [6.07, 6.45) is -0.102. The molecule has 366 valence electrons. The third kappa shape index (κ3) is 10.4. The van der Waals surface area contributed by atoms with Crippen molar-refractivity contribution in [2.24, 2.45) is 23.2 Å². The first-order valence-corrected chi connectivity index (χ1v) is 23.2. The first-order chi connectivity index (χ1) is 32.1. The highest BCUT2D eigenvalue weighted by molar-refractivity contribution is 5.96. The van der Waals surface area contributed by atoms with E-state index in [1.165, 1.54) is 18.1 Å². The van der Waals surface area contributed by atoms with Gasteiger partial charge in [-0.1, -0.05) is 39.8 Å². The molecule has 0 aliphatic carbocycles. The molecule has 5 heterocycles. The van der Waals surface area contributed by atoms with Crippen LogP contribution in [0.25, 0.3) is 33.3 Å². The molecule has 3 aliphatic rings. The molecule has 5 atom stereocenters. The van der Waals surface area contributed by atoms with Crippen LogP contribution in [0.4, 0.5) is 13.2 Å². The number of carbonyl (C=O) groups is 5. The molecule has 7 rings (SSSR count). The van der Waals surface area contributed by atoms with Gasteiger partial charge in [0.15, 0.2) is 0 Å². The van der Waals surface area contributed by atoms with Crippen molar-refractivity contribution in [1.29, 1.82) is 0 Å². The number of pyridine rings is 1. The predicted octanol–water partition coefficient (Wildman–Crippen LogP) is 6.03. The van der Waals surface area contributed by atoms with Gasteiger partial charge in [-0.15, -0.1) is 0 Å². The van der Waals surface area contributed by atoms with Gasteiger partial charge in [-0.05, 0) is 90.3 Å². The third-order valence-electron chi connectivity index (χ3n) is 13.5. The maximum absolute atomic E-state index is 14.7. The summed E-state index contributed by atoms with van der Waals surface area (Å²) in [6.45, 7) is 10.6. The number of aromatic nitrogens is 2. The van der Waals surface area contributed by atoms with Gasteiger partial charge in [0.2, 0.25) is 17.7 Å². The zero-order valence-corrected chi connectivity index (χ0v) is 39.9. The van der Waals surface area contributed by atoms with E-state index in [2.05, 4.69) is 33.3 Å². The molecule has 4 aromatic rings. The number of hydrogen-bond acceptors (Lipinski definition) is 10. The highest BCUT2D eigenvalue weighted by Gasteiger charge is 2.54. The van der Waals surface area contributed by atoms with E-state index in [1.807, 2.05) is 44.3 Å². The van der Waals surface area contributed by atoms with Gasteiger partial charge in [-0.25, -0.2) is 5.43 Å². The number of esters is 1. The van der Waals surface area contributed by atoms with E-state index in [9.17, 15) is 42.3 Å². The number of phenols is 1. The van der Waals surface area contributed by atoms with E-state index in [0.29, 0.717) is 43.5 Å². The number of likely N-dealkylation sites (N-methyl/N-ethyl adjacent to an activating group) is 1. The molecule has 0 saturated carbocycles. The Bertz CT molecular complexity index is 2580. The molecule has 2 fully saturated rings. The second kappa shape index (κ2) is 19.9. The van der Waals surface area contributed by atoms with Crippen LogP contribution in [0.2, 0.25) is 0 Å². The summed E-state index contributed by atoms with van der Waals surface area (Å²) in [6, 6.07) is 9.33. The Kier molecular flexibility index (Phi) is 14.6.